The molecule has 0 aromatic carbocycles. The van der Waals surface area contributed by atoms with Crippen LogP contribution in [-0.2, 0) is 32.7 Å². The molecular weight excluding hydrogens is 822 g/mol. The lowest BCUT2D eigenvalue weighted by molar-refractivity contribution is -0.870. The summed E-state index contributed by atoms with van der Waals surface area (Å²) in [6.45, 7) is 4.20. The molecule has 9 nitrogen and oxygen atoms in total. The van der Waals surface area contributed by atoms with Crippen LogP contribution in [0.3, 0.4) is 0 Å². The largest absolute Gasteiger partial charge is 0.472 e. The lowest BCUT2D eigenvalue weighted by Gasteiger charge is -2.24. The van der Waals surface area contributed by atoms with Crippen molar-refractivity contribution in [3.8, 4) is 0 Å². The summed E-state index contributed by atoms with van der Waals surface area (Å²) in [6.07, 6.45) is 59.9. The van der Waals surface area contributed by atoms with Crippen molar-refractivity contribution in [2.45, 2.75) is 200 Å². The summed E-state index contributed by atoms with van der Waals surface area (Å²) in [5.41, 5.74) is 0. The van der Waals surface area contributed by atoms with Crippen molar-refractivity contribution < 1.29 is 42.1 Å². The minimum Gasteiger partial charge on any atom is -0.462 e. The van der Waals surface area contributed by atoms with Crippen molar-refractivity contribution in [3.05, 3.63) is 85.1 Å². The zero-order valence-electron chi connectivity index (χ0n) is 41.5. The van der Waals surface area contributed by atoms with Gasteiger partial charge in [-0.15, -0.1) is 0 Å². The second-order valence-electron chi connectivity index (χ2n) is 17.8. The highest BCUT2D eigenvalue weighted by Crippen LogP contribution is 2.43. The number of phosphoric acid groups is 1. The maximum atomic E-state index is 12.7. The van der Waals surface area contributed by atoms with E-state index >= 15 is 0 Å². The van der Waals surface area contributed by atoms with Crippen molar-refractivity contribution in [2.75, 3.05) is 47.5 Å². The average Bonchev–Trinajstić information content (AvgIpc) is 3.25. The Morgan fingerprint density at radius 1 is 0.500 bits per heavy atom. The fourth-order valence-electron chi connectivity index (χ4n) is 6.52. The monoisotopic (exact) mass is 917 g/mol. The molecule has 64 heavy (non-hydrogen) atoms. The van der Waals surface area contributed by atoms with Crippen molar-refractivity contribution in [1.82, 2.24) is 0 Å². The van der Waals surface area contributed by atoms with Gasteiger partial charge in [-0.1, -0.05) is 195 Å². The highest BCUT2D eigenvalue weighted by Gasteiger charge is 2.27. The van der Waals surface area contributed by atoms with Crippen LogP contribution in [0.15, 0.2) is 85.1 Å². The summed E-state index contributed by atoms with van der Waals surface area (Å²) >= 11 is 0. The second-order valence-corrected chi connectivity index (χ2v) is 19.3. The maximum absolute atomic E-state index is 12.7. The van der Waals surface area contributed by atoms with E-state index in [1.807, 2.05) is 21.1 Å². The van der Waals surface area contributed by atoms with Crippen LogP contribution in [0, 0.1) is 0 Å². The Balaban J connectivity index is 3.93. The Morgan fingerprint density at radius 3 is 1.33 bits per heavy atom. The van der Waals surface area contributed by atoms with Crippen molar-refractivity contribution >= 4 is 19.8 Å². The third kappa shape index (κ3) is 48.6. The van der Waals surface area contributed by atoms with E-state index in [1.54, 1.807) is 0 Å². The van der Waals surface area contributed by atoms with E-state index in [2.05, 4.69) is 98.9 Å². The molecule has 0 aliphatic rings. The first-order valence-electron chi connectivity index (χ1n) is 25.3. The molecule has 0 bridgehead atoms. The van der Waals surface area contributed by atoms with E-state index in [-0.39, 0.29) is 32.0 Å². The molecule has 0 aliphatic heterocycles. The summed E-state index contributed by atoms with van der Waals surface area (Å²) in [4.78, 5) is 35.1. The number of quaternary nitrogens is 1. The molecule has 2 atom stereocenters. The van der Waals surface area contributed by atoms with Crippen molar-refractivity contribution in [3.63, 3.8) is 0 Å². The first-order valence-corrected chi connectivity index (χ1v) is 26.8. The molecule has 0 amide bonds. The van der Waals surface area contributed by atoms with E-state index < -0.39 is 26.5 Å². The average molecular weight is 917 g/mol. The first kappa shape index (κ1) is 61.2. The molecule has 10 heteroatoms. The van der Waals surface area contributed by atoms with Gasteiger partial charge in [0, 0.05) is 12.8 Å². The fourth-order valence-corrected chi connectivity index (χ4v) is 7.26. The molecule has 0 saturated heterocycles. The molecule has 368 valence electrons. The smallest absolute Gasteiger partial charge is 0.462 e. The molecular formula is C54H95NO8P+. The van der Waals surface area contributed by atoms with Gasteiger partial charge < -0.3 is 18.9 Å². The van der Waals surface area contributed by atoms with Gasteiger partial charge in [0.25, 0.3) is 0 Å². The maximum Gasteiger partial charge on any atom is 0.472 e. The molecule has 0 aromatic heterocycles. The predicted octanol–water partition coefficient (Wildman–Crippen LogP) is 15.1. The topological polar surface area (TPSA) is 108 Å². The molecule has 0 rings (SSSR count). The Morgan fingerprint density at radius 2 is 0.891 bits per heavy atom. The quantitative estimate of drug-likeness (QED) is 0.0212. The number of nitrogens with zero attached hydrogens (tertiary/aromatic N) is 1. The zero-order valence-corrected chi connectivity index (χ0v) is 42.4. The van der Waals surface area contributed by atoms with Crippen LogP contribution in [0.25, 0.3) is 0 Å². The number of carbonyl (C=O) groups excluding carboxylic acids is 2. The Hall–Kier alpha value is -2.81. The molecule has 0 aromatic rings. The number of likely N-dealkylation sites (N-methyl/N-ethyl adjacent to an activating group) is 1. The highest BCUT2D eigenvalue weighted by molar-refractivity contribution is 7.47. The number of phosphoric ester groups is 1. The van der Waals surface area contributed by atoms with Gasteiger partial charge >= 0.3 is 19.8 Å². The fraction of sp³-hybridized carbons (Fsp3) is 0.704. The van der Waals surface area contributed by atoms with Gasteiger partial charge in [0.15, 0.2) is 6.10 Å². The first-order chi connectivity index (χ1) is 31.0. The predicted molar refractivity (Wildman–Crippen MR) is 270 cm³/mol. The summed E-state index contributed by atoms with van der Waals surface area (Å²) in [5.74, 6) is -0.816. The number of carbonyl (C=O) groups is 2. The van der Waals surface area contributed by atoms with Crippen LogP contribution >= 0.6 is 7.82 Å². The van der Waals surface area contributed by atoms with Gasteiger partial charge in [-0.3, -0.25) is 18.6 Å². The molecule has 0 spiro atoms. The van der Waals surface area contributed by atoms with E-state index in [0.29, 0.717) is 17.4 Å². The zero-order chi connectivity index (χ0) is 47.1. The van der Waals surface area contributed by atoms with Gasteiger partial charge in [-0.05, 0) is 70.6 Å². The van der Waals surface area contributed by atoms with E-state index in [4.69, 9.17) is 18.5 Å². The van der Waals surface area contributed by atoms with Crippen LogP contribution in [-0.4, -0.2) is 74.9 Å². The van der Waals surface area contributed by atoms with Crippen molar-refractivity contribution in [2.24, 2.45) is 0 Å². The Bertz CT molecular complexity index is 1360. The second kappa shape index (κ2) is 45.4. The minimum atomic E-state index is -4.37. The minimum absolute atomic E-state index is 0.0293. The Kier molecular flexibility index (Phi) is 43.4. The summed E-state index contributed by atoms with van der Waals surface area (Å²) in [6, 6.07) is 0. The SMILES string of the molecule is CC/C=C\C/C=C\C/C=C\C/C=C\C/C=C\C/C=C\C/C=C\CCCCCCCCCCCCCCCC(=O)OC(COC(=O)CCCCCCC)COP(=O)(O)OCC[N+](C)(C)C. The number of esters is 2. The number of allylic oxidation sites excluding steroid dienone is 14. The van der Waals surface area contributed by atoms with Crippen LogP contribution in [0.4, 0.5) is 0 Å². The van der Waals surface area contributed by atoms with Crippen LogP contribution < -0.4 is 0 Å². The number of hydrogen-bond acceptors (Lipinski definition) is 7. The van der Waals surface area contributed by atoms with Gasteiger partial charge in [-0.25, -0.2) is 4.57 Å². The third-order valence-corrected chi connectivity index (χ3v) is 11.4. The van der Waals surface area contributed by atoms with E-state index in [9.17, 15) is 19.0 Å². The van der Waals surface area contributed by atoms with Gasteiger partial charge in [0.2, 0.25) is 0 Å². The number of hydrogen-bond donors (Lipinski definition) is 1. The highest BCUT2D eigenvalue weighted by atomic mass is 31.2. The molecule has 0 fully saturated rings. The summed E-state index contributed by atoms with van der Waals surface area (Å²) in [5, 5.41) is 0. The lowest BCUT2D eigenvalue weighted by Crippen LogP contribution is -2.37. The van der Waals surface area contributed by atoms with Gasteiger partial charge in [0.1, 0.15) is 19.8 Å². The lowest BCUT2D eigenvalue weighted by atomic mass is 10.0. The van der Waals surface area contributed by atoms with Crippen LogP contribution in [0.5, 0.6) is 0 Å². The molecule has 0 saturated carbocycles. The van der Waals surface area contributed by atoms with Crippen LogP contribution in [0.2, 0.25) is 0 Å². The normalized spacial score (nSPS) is 14.2. The molecule has 0 aliphatic carbocycles. The molecule has 0 heterocycles. The van der Waals surface area contributed by atoms with Crippen molar-refractivity contribution in [1.29, 1.82) is 0 Å². The number of unbranched alkanes of at least 4 members (excludes halogenated alkanes) is 17. The third-order valence-electron chi connectivity index (χ3n) is 10.4. The summed E-state index contributed by atoms with van der Waals surface area (Å²) < 4.78 is 34.1. The van der Waals surface area contributed by atoms with Gasteiger partial charge in [0.05, 0.1) is 27.7 Å². The van der Waals surface area contributed by atoms with E-state index in [1.165, 1.54) is 64.2 Å². The van der Waals surface area contributed by atoms with Crippen LogP contribution in [0.1, 0.15) is 194 Å². The number of ether oxygens (including phenoxy) is 2. The molecule has 1 N–H and O–H groups in total. The Labute approximate surface area is 392 Å². The van der Waals surface area contributed by atoms with Gasteiger partial charge in [-0.2, -0.15) is 0 Å². The standard InChI is InChI=1S/C54H94NO8P/c1-6-8-10-12-13-14-15-16-17-18-19-20-21-22-23-24-25-26-27-28-29-30-31-32-33-34-35-36-37-38-39-40-41-43-45-47-54(57)63-52(50-60-53(56)46-44-42-11-9-7-2)51-62-64(58,59)61-49-48-55(3,4)5/h8,10,13-14,16-17,19-20,22-23,25-26,28-29,52H,6-7,9,11-12,15,18,21,24,27,30-51H2,1-5H3/p+1/b10-8-,14-13-,17-16-,20-19-,23-22-,26-25-,29-28-. The molecule has 0 radical (unpaired) electrons. The summed E-state index contributed by atoms with van der Waals surface area (Å²) in [7, 11) is 1.47. The number of rotatable bonds is 45. The molecule has 2 unspecified atom stereocenters. The van der Waals surface area contributed by atoms with E-state index in [0.717, 1.165) is 96.3 Å².